The molecule has 1 amide bonds. The third-order valence-corrected chi connectivity index (χ3v) is 5.44. The number of carbonyl (C=O) groups excluding carboxylic acids is 2. The molecule has 0 radical (unpaired) electrons. The molecule has 3 aromatic rings. The molecule has 0 saturated carbocycles. The van der Waals surface area contributed by atoms with Crippen molar-refractivity contribution in [1.29, 1.82) is 0 Å². The molecule has 0 spiro atoms. The van der Waals surface area contributed by atoms with Gasteiger partial charge in [0.2, 0.25) is 0 Å². The summed E-state index contributed by atoms with van der Waals surface area (Å²) in [5.74, 6) is -2.17. The summed E-state index contributed by atoms with van der Waals surface area (Å²) < 4.78 is 20.6. The number of Topliss-reactive ketones (excluding diaryl/α,β-unsaturated/α-hetero) is 1. The normalized spacial score (nSPS) is 17.6. The average Bonchev–Trinajstić information content (AvgIpc) is 3.04. The minimum Gasteiger partial charge on any atom is -0.507 e. The molecule has 0 aliphatic carbocycles. The fourth-order valence-electron chi connectivity index (χ4n) is 3.94. The third kappa shape index (κ3) is 4.24. The van der Waals surface area contributed by atoms with Crippen LogP contribution in [0.15, 0.2) is 78.4 Å². The van der Waals surface area contributed by atoms with Crippen molar-refractivity contribution < 1.29 is 23.8 Å². The average molecular weight is 445 g/mol. The Morgan fingerprint density at radius 2 is 1.70 bits per heavy atom. The number of benzene rings is 3. The van der Waals surface area contributed by atoms with Gasteiger partial charge >= 0.3 is 0 Å². The lowest BCUT2D eigenvalue weighted by Crippen LogP contribution is -2.29. The number of hydrogen-bond donors (Lipinski definition) is 1. The van der Waals surface area contributed by atoms with Gasteiger partial charge in [0.05, 0.1) is 17.7 Å². The first-order valence-electron chi connectivity index (χ1n) is 10.7. The summed E-state index contributed by atoms with van der Waals surface area (Å²) in [7, 11) is 0. The number of nitrogens with zero attached hydrogens (tertiary/aromatic N) is 1. The van der Waals surface area contributed by atoms with E-state index in [0.717, 1.165) is 5.56 Å². The van der Waals surface area contributed by atoms with Crippen LogP contribution in [0.25, 0.3) is 5.76 Å². The number of aliphatic hydroxyl groups excluding tert-OH is 1. The molecule has 0 bridgehead atoms. The molecule has 1 unspecified atom stereocenters. The molecular weight excluding hydrogens is 421 g/mol. The Kier molecular flexibility index (Phi) is 6.01. The first-order valence-corrected chi connectivity index (χ1v) is 10.7. The van der Waals surface area contributed by atoms with Crippen LogP contribution >= 0.6 is 0 Å². The maximum Gasteiger partial charge on any atom is 0.300 e. The molecule has 33 heavy (non-hydrogen) atoms. The summed E-state index contributed by atoms with van der Waals surface area (Å²) in [6.07, 6.45) is -0.0899. The minimum atomic E-state index is -1.12. The van der Waals surface area contributed by atoms with E-state index in [9.17, 15) is 19.1 Å². The molecule has 1 fully saturated rings. The highest BCUT2D eigenvalue weighted by atomic mass is 19.1. The van der Waals surface area contributed by atoms with Gasteiger partial charge in [0.1, 0.15) is 17.3 Å². The zero-order valence-electron chi connectivity index (χ0n) is 18.6. The van der Waals surface area contributed by atoms with Crippen molar-refractivity contribution in [2.75, 3.05) is 4.90 Å². The topological polar surface area (TPSA) is 66.8 Å². The van der Waals surface area contributed by atoms with Crippen LogP contribution < -0.4 is 9.64 Å². The van der Waals surface area contributed by atoms with Crippen LogP contribution in [0, 0.1) is 12.7 Å². The summed E-state index contributed by atoms with van der Waals surface area (Å²) in [6, 6.07) is 18.4. The Bertz CT molecular complexity index is 1250. The Hall–Kier alpha value is -3.93. The highest BCUT2D eigenvalue weighted by molar-refractivity contribution is 6.51. The smallest absolute Gasteiger partial charge is 0.300 e. The van der Waals surface area contributed by atoms with Crippen molar-refractivity contribution >= 4 is 23.1 Å². The molecule has 1 atom stereocenters. The zero-order chi connectivity index (χ0) is 23.7. The van der Waals surface area contributed by atoms with Crippen molar-refractivity contribution in [3.63, 3.8) is 0 Å². The Labute approximate surface area is 191 Å². The van der Waals surface area contributed by atoms with Gasteiger partial charge in [-0.3, -0.25) is 14.5 Å². The van der Waals surface area contributed by atoms with Gasteiger partial charge in [-0.2, -0.15) is 0 Å². The van der Waals surface area contributed by atoms with E-state index in [-0.39, 0.29) is 23.0 Å². The maximum atomic E-state index is 14.9. The lowest BCUT2D eigenvalue weighted by atomic mass is 9.94. The second-order valence-electron chi connectivity index (χ2n) is 8.22. The van der Waals surface area contributed by atoms with Crippen LogP contribution in [0.2, 0.25) is 0 Å². The predicted molar refractivity (Wildman–Crippen MR) is 125 cm³/mol. The Morgan fingerprint density at radius 3 is 2.36 bits per heavy atom. The lowest BCUT2D eigenvalue weighted by molar-refractivity contribution is -0.132. The highest BCUT2D eigenvalue weighted by Gasteiger charge is 2.47. The van der Waals surface area contributed by atoms with E-state index in [1.54, 1.807) is 54.6 Å². The summed E-state index contributed by atoms with van der Waals surface area (Å²) in [5.41, 5.74) is 1.66. The largest absolute Gasteiger partial charge is 0.507 e. The van der Waals surface area contributed by atoms with E-state index in [0.29, 0.717) is 17.0 Å². The molecule has 168 valence electrons. The number of aryl methyl sites for hydroxylation is 1. The van der Waals surface area contributed by atoms with Crippen molar-refractivity contribution in [3.05, 3.63) is 101 Å². The quantitative estimate of drug-likeness (QED) is 0.318. The second-order valence-corrected chi connectivity index (χ2v) is 8.22. The first-order chi connectivity index (χ1) is 15.8. The van der Waals surface area contributed by atoms with Crippen LogP contribution in [0.1, 0.15) is 36.6 Å². The van der Waals surface area contributed by atoms with Gasteiger partial charge in [0.25, 0.3) is 11.7 Å². The SMILES string of the molecule is Cc1ccc(N2C(=O)C(=O)/C(=C(\O)c3cccc(OC(C)C)c3)C2c2ccccc2F)cc1. The van der Waals surface area contributed by atoms with E-state index < -0.39 is 23.5 Å². The number of carbonyl (C=O) groups is 2. The van der Waals surface area contributed by atoms with Gasteiger partial charge in [-0.05, 0) is 51.1 Å². The maximum absolute atomic E-state index is 14.9. The molecule has 0 aromatic heterocycles. The van der Waals surface area contributed by atoms with Crippen LogP contribution in [0.3, 0.4) is 0 Å². The molecule has 4 rings (SSSR count). The van der Waals surface area contributed by atoms with E-state index in [2.05, 4.69) is 0 Å². The van der Waals surface area contributed by atoms with Gasteiger partial charge in [-0.1, -0.05) is 48.0 Å². The zero-order valence-corrected chi connectivity index (χ0v) is 18.6. The van der Waals surface area contributed by atoms with E-state index in [4.69, 9.17) is 4.74 Å². The molecular formula is C27H24FNO4. The van der Waals surface area contributed by atoms with Gasteiger partial charge in [0.15, 0.2) is 0 Å². The first kappa shape index (κ1) is 22.3. The fourth-order valence-corrected chi connectivity index (χ4v) is 3.94. The molecule has 1 N–H and O–H groups in total. The van der Waals surface area contributed by atoms with Crippen molar-refractivity contribution in [1.82, 2.24) is 0 Å². The summed E-state index contributed by atoms with van der Waals surface area (Å²) in [4.78, 5) is 27.5. The molecule has 5 nitrogen and oxygen atoms in total. The Balaban J connectivity index is 1.92. The molecule has 1 saturated heterocycles. The van der Waals surface area contributed by atoms with E-state index in [1.807, 2.05) is 20.8 Å². The summed E-state index contributed by atoms with van der Waals surface area (Å²) in [5, 5.41) is 11.2. The molecule has 6 heteroatoms. The van der Waals surface area contributed by atoms with Gasteiger partial charge < -0.3 is 9.84 Å². The van der Waals surface area contributed by atoms with Crippen LogP contribution in [0.5, 0.6) is 5.75 Å². The molecule has 1 heterocycles. The number of anilines is 1. The highest BCUT2D eigenvalue weighted by Crippen LogP contribution is 2.43. The lowest BCUT2D eigenvalue weighted by Gasteiger charge is -2.26. The monoisotopic (exact) mass is 445 g/mol. The second kappa shape index (κ2) is 8.90. The summed E-state index contributed by atoms with van der Waals surface area (Å²) >= 11 is 0. The van der Waals surface area contributed by atoms with Gasteiger partial charge in [-0.15, -0.1) is 0 Å². The number of aliphatic hydroxyl groups is 1. The Morgan fingerprint density at radius 1 is 1.00 bits per heavy atom. The van der Waals surface area contributed by atoms with Crippen molar-refractivity contribution in [2.45, 2.75) is 32.9 Å². The fraction of sp³-hybridized carbons (Fsp3) is 0.185. The number of amides is 1. The number of hydrogen-bond acceptors (Lipinski definition) is 4. The predicted octanol–water partition coefficient (Wildman–Crippen LogP) is 5.55. The van der Waals surface area contributed by atoms with Crippen molar-refractivity contribution in [2.24, 2.45) is 0 Å². The summed E-state index contributed by atoms with van der Waals surface area (Å²) in [6.45, 7) is 5.65. The van der Waals surface area contributed by atoms with Crippen LogP contribution in [-0.2, 0) is 9.59 Å². The third-order valence-electron chi connectivity index (χ3n) is 5.44. The molecule has 1 aliphatic rings. The van der Waals surface area contributed by atoms with Gasteiger partial charge in [-0.25, -0.2) is 4.39 Å². The number of halogens is 1. The van der Waals surface area contributed by atoms with E-state index >= 15 is 0 Å². The van der Waals surface area contributed by atoms with Crippen molar-refractivity contribution in [3.8, 4) is 5.75 Å². The molecule has 3 aromatic carbocycles. The number of ketones is 1. The van der Waals surface area contributed by atoms with Crippen LogP contribution in [0.4, 0.5) is 10.1 Å². The number of ether oxygens (including phenoxy) is 1. The van der Waals surface area contributed by atoms with Gasteiger partial charge in [0, 0.05) is 16.8 Å². The van der Waals surface area contributed by atoms with E-state index in [1.165, 1.54) is 23.1 Å². The van der Waals surface area contributed by atoms with Crippen LogP contribution in [-0.4, -0.2) is 22.9 Å². The minimum absolute atomic E-state index is 0.0899. The standard InChI is InChI=1S/C27H24FNO4/c1-16(2)33-20-8-6-7-18(15-20)25(30)23-24(21-9-4-5-10-22(21)28)29(27(32)26(23)31)19-13-11-17(3)12-14-19/h4-16,24,30H,1-3H3/b25-23-. The number of rotatable bonds is 5. The molecule has 1 aliphatic heterocycles.